The molecule has 0 saturated heterocycles. The molecule has 1 saturated carbocycles. The summed E-state index contributed by atoms with van der Waals surface area (Å²) in [7, 11) is 0. The van der Waals surface area contributed by atoms with Crippen LogP contribution in [0.2, 0.25) is 0 Å². The van der Waals surface area contributed by atoms with Crippen molar-refractivity contribution in [2.24, 2.45) is 17.1 Å². The topological polar surface area (TPSA) is 92.4 Å². The van der Waals surface area contributed by atoms with Gasteiger partial charge in [-0.1, -0.05) is 13.3 Å². The van der Waals surface area contributed by atoms with E-state index in [9.17, 15) is 9.59 Å². The number of hydrogen-bond acceptors (Lipinski definition) is 3. The van der Waals surface area contributed by atoms with Gasteiger partial charge in [0.1, 0.15) is 0 Å². The molecule has 5 heteroatoms. The van der Waals surface area contributed by atoms with Gasteiger partial charge in [-0.15, -0.1) is 0 Å². The van der Waals surface area contributed by atoms with Gasteiger partial charge in [0, 0.05) is 12.6 Å². The van der Waals surface area contributed by atoms with Gasteiger partial charge in [0.25, 0.3) is 0 Å². The zero-order valence-electron chi connectivity index (χ0n) is 11.2. The van der Waals surface area contributed by atoms with Gasteiger partial charge in [-0.2, -0.15) is 0 Å². The largest absolute Gasteiger partial charge is 0.481 e. The van der Waals surface area contributed by atoms with Crippen LogP contribution in [-0.2, 0) is 9.59 Å². The Balaban J connectivity index is 2.27. The number of nitrogens with one attached hydrogen (secondary N) is 1. The molecule has 3 atom stereocenters. The molecular formula is C13H24N2O3. The Bertz CT molecular complexity index is 319. The number of aliphatic carboxylic acids is 1. The third kappa shape index (κ3) is 3.45. The van der Waals surface area contributed by atoms with Crippen LogP contribution < -0.4 is 11.1 Å². The monoisotopic (exact) mass is 256 g/mol. The second kappa shape index (κ2) is 6.18. The van der Waals surface area contributed by atoms with Crippen molar-refractivity contribution < 1.29 is 14.7 Å². The van der Waals surface area contributed by atoms with Crippen molar-refractivity contribution >= 4 is 11.9 Å². The van der Waals surface area contributed by atoms with Crippen molar-refractivity contribution in [1.82, 2.24) is 5.32 Å². The average Bonchev–Trinajstić information content (AvgIpc) is 2.65. The third-order valence-electron chi connectivity index (χ3n) is 4.07. The zero-order valence-corrected chi connectivity index (χ0v) is 11.2. The first kappa shape index (κ1) is 15.0. The number of carboxylic acid groups (broad SMARTS) is 1. The van der Waals surface area contributed by atoms with Gasteiger partial charge >= 0.3 is 5.97 Å². The molecular weight excluding hydrogens is 232 g/mol. The summed E-state index contributed by atoms with van der Waals surface area (Å²) in [5, 5.41) is 11.6. The van der Waals surface area contributed by atoms with Gasteiger partial charge in [0.05, 0.1) is 11.3 Å². The summed E-state index contributed by atoms with van der Waals surface area (Å²) in [5.74, 6) is -1.13. The summed E-state index contributed by atoms with van der Waals surface area (Å²) < 4.78 is 0. The second-order valence-electron chi connectivity index (χ2n) is 5.55. The van der Waals surface area contributed by atoms with E-state index in [0.717, 1.165) is 19.3 Å². The molecule has 1 aliphatic carbocycles. The maximum Gasteiger partial charge on any atom is 0.306 e. The number of nitrogens with two attached hydrogens (primary N) is 1. The smallest absolute Gasteiger partial charge is 0.306 e. The van der Waals surface area contributed by atoms with E-state index in [0.29, 0.717) is 19.4 Å². The Hall–Kier alpha value is -1.10. The van der Waals surface area contributed by atoms with Crippen LogP contribution in [0.3, 0.4) is 0 Å². The number of carbonyl (C=O) groups is 2. The molecule has 0 spiro atoms. The number of amides is 1. The average molecular weight is 256 g/mol. The van der Waals surface area contributed by atoms with Crippen molar-refractivity contribution in [3.05, 3.63) is 0 Å². The van der Waals surface area contributed by atoms with Gasteiger partial charge in [-0.25, -0.2) is 0 Å². The molecule has 0 aromatic carbocycles. The Morgan fingerprint density at radius 3 is 2.72 bits per heavy atom. The molecule has 0 aromatic rings. The van der Waals surface area contributed by atoms with Gasteiger partial charge in [0.15, 0.2) is 0 Å². The molecule has 0 radical (unpaired) electrons. The van der Waals surface area contributed by atoms with Crippen molar-refractivity contribution in [3.63, 3.8) is 0 Å². The minimum Gasteiger partial charge on any atom is -0.481 e. The highest BCUT2D eigenvalue weighted by Gasteiger charge is 2.42. The normalized spacial score (nSPS) is 28.9. The third-order valence-corrected chi connectivity index (χ3v) is 4.07. The zero-order chi connectivity index (χ0) is 13.8. The summed E-state index contributed by atoms with van der Waals surface area (Å²) in [6.07, 6.45) is 4.01. The van der Waals surface area contributed by atoms with Crippen LogP contribution >= 0.6 is 0 Å². The molecule has 1 rings (SSSR count). The highest BCUT2D eigenvalue weighted by atomic mass is 16.4. The minimum absolute atomic E-state index is 0.00970. The fourth-order valence-corrected chi connectivity index (χ4v) is 2.41. The Labute approximate surface area is 108 Å². The number of rotatable bonds is 6. The van der Waals surface area contributed by atoms with E-state index in [4.69, 9.17) is 10.8 Å². The van der Waals surface area contributed by atoms with E-state index in [1.165, 1.54) is 0 Å². The molecule has 104 valence electrons. The van der Waals surface area contributed by atoms with Gasteiger partial charge in [-0.05, 0) is 32.6 Å². The quantitative estimate of drug-likeness (QED) is 0.621. The Morgan fingerprint density at radius 2 is 2.22 bits per heavy atom. The number of carboxylic acids is 1. The van der Waals surface area contributed by atoms with Crippen LogP contribution in [0.25, 0.3) is 0 Å². The predicted molar refractivity (Wildman–Crippen MR) is 69.0 cm³/mol. The highest BCUT2D eigenvalue weighted by Crippen LogP contribution is 2.36. The van der Waals surface area contributed by atoms with Crippen molar-refractivity contribution in [2.45, 2.75) is 52.0 Å². The molecule has 0 aromatic heterocycles. The van der Waals surface area contributed by atoms with E-state index >= 15 is 0 Å². The fraction of sp³-hybridized carbons (Fsp3) is 0.846. The minimum atomic E-state index is -0.786. The summed E-state index contributed by atoms with van der Waals surface area (Å²) in [6.45, 7) is 4.12. The van der Waals surface area contributed by atoms with E-state index in [1.807, 2.05) is 6.92 Å². The molecule has 4 N–H and O–H groups in total. The second-order valence-corrected chi connectivity index (χ2v) is 5.55. The van der Waals surface area contributed by atoms with Crippen LogP contribution in [0, 0.1) is 11.3 Å². The first-order chi connectivity index (χ1) is 8.38. The van der Waals surface area contributed by atoms with Crippen LogP contribution in [-0.4, -0.2) is 29.6 Å². The molecule has 3 unspecified atom stereocenters. The lowest BCUT2D eigenvalue weighted by Crippen LogP contribution is -2.47. The standard InChI is InChI=1S/C13H24N2O3/c1-9(11(16)17)5-4-8-15-12(18)13(2)7-3-6-10(13)14/h9-10H,3-8,14H2,1-2H3,(H,15,18)(H,16,17). The Kier molecular flexibility index (Phi) is 5.14. The van der Waals surface area contributed by atoms with Crippen LogP contribution in [0.1, 0.15) is 46.0 Å². The van der Waals surface area contributed by atoms with Crippen molar-refractivity contribution in [2.75, 3.05) is 6.54 Å². The maximum atomic E-state index is 12.0. The molecule has 18 heavy (non-hydrogen) atoms. The first-order valence-corrected chi connectivity index (χ1v) is 6.64. The van der Waals surface area contributed by atoms with Crippen molar-refractivity contribution in [1.29, 1.82) is 0 Å². The first-order valence-electron chi connectivity index (χ1n) is 6.64. The number of hydrogen-bond donors (Lipinski definition) is 3. The van der Waals surface area contributed by atoms with Gasteiger partial charge in [-0.3, -0.25) is 9.59 Å². The molecule has 0 bridgehead atoms. The molecule has 0 aliphatic heterocycles. The van der Waals surface area contributed by atoms with Crippen LogP contribution in [0.15, 0.2) is 0 Å². The highest BCUT2D eigenvalue weighted by molar-refractivity contribution is 5.83. The molecule has 1 aliphatic rings. The summed E-state index contributed by atoms with van der Waals surface area (Å²) in [6, 6.07) is -0.0598. The lowest BCUT2D eigenvalue weighted by atomic mass is 9.84. The summed E-state index contributed by atoms with van der Waals surface area (Å²) in [4.78, 5) is 22.7. The fourth-order valence-electron chi connectivity index (χ4n) is 2.41. The SMILES string of the molecule is CC(CCCNC(=O)C1(C)CCCC1N)C(=O)O. The van der Waals surface area contributed by atoms with Crippen LogP contribution in [0.5, 0.6) is 0 Å². The lowest BCUT2D eigenvalue weighted by Gasteiger charge is -2.27. The summed E-state index contributed by atoms with van der Waals surface area (Å²) in [5.41, 5.74) is 5.52. The van der Waals surface area contributed by atoms with E-state index in [-0.39, 0.29) is 17.9 Å². The summed E-state index contributed by atoms with van der Waals surface area (Å²) >= 11 is 0. The van der Waals surface area contributed by atoms with Gasteiger partial charge < -0.3 is 16.2 Å². The molecule has 0 heterocycles. The predicted octanol–water partition coefficient (Wildman–Crippen LogP) is 1.12. The Morgan fingerprint density at radius 1 is 1.56 bits per heavy atom. The van der Waals surface area contributed by atoms with E-state index in [1.54, 1.807) is 6.92 Å². The van der Waals surface area contributed by atoms with Gasteiger partial charge in [0.2, 0.25) is 5.91 Å². The van der Waals surface area contributed by atoms with E-state index in [2.05, 4.69) is 5.32 Å². The van der Waals surface area contributed by atoms with Crippen molar-refractivity contribution in [3.8, 4) is 0 Å². The van der Waals surface area contributed by atoms with E-state index < -0.39 is 11.4 Å². The van der Waals surface area contributed by atoms with Crippen LogP contribution in [0.4, 0.5) is 0 Å². The molecule has 5 nitrogen and oxygen atoms in total. The lowest BCUT2D eigenvalue weighted by molar-refractivity contribution is -0.141. The molecule has 1 amide bonds. The maximum absolute atomic E-state index is 12.0. The molecule has 1 fully saturated rings. The number of carbonyl (C=O) groups excluding carboxylic acids is 1.